The van der Waals surface area contributed by atoms with E-state index in [-0.39, 0.29) is 12.4 Å². The maximum atomic E-state index is 11.0. The Morgan fingerprint density at radius 3 is 2.80 bits per heavy atom. The minimum absolute atomic E-state index is 0.0799. The second kappa shape index (κ2) is 5.35. The third kappa shape index (κ3) is 3.38. The predicted molar refractivity (Wildman–Crippen MR) is 60.0 cm³/mol. The smallest absolute Gasteiger partial charge is 0.307 e. The summed E-state index contributed by atoms with van der Waals surface area (Å²) in [5.41, 5.74) is 6.45. The van der Waals surface area contributed by atoms with Crippen LogP contribution in [0.5, 0.6) is 0 Å². The largest absolute Gasteiger partial charge is 0.469 e. The fraction of sp³-hybridized carbons (Fsp3) is 0.300. The topological polar surface area (TPSA) is 52.3 Å². The minimum Gasteiger partial charge on any atom is -0.469 e. The number of carbonyl (C=O) groups excluding carboxylic acids is 1. The van der Waals surface area contributed by atoms with Crippen molar-refractivity contribution >= 4 is 29.2 Å². The highest BCUT2D eigenvalue weighted by molar-refractivity contribution is 6.33. The van der Waals surface area contributed by atoms with Gasteiger partial charge in [0.1, 0.15) is 0 Å². The van der Waals surface area contributed by atoms with E-state index in [0.29, 0.717) is 15.6 Å². The van der Waals surface area contributed by atoms with E-state index in [2.05, 4.69) is 4.74 Å². The molecule has 3 nitrogen and oxygen atoms in total. The molecule has 0 saturated carbocycles. The highest BCUT2D eigenvalue weighted by Crippen LogP contribution is 2.26. The molecule has 0 radical (unpaired) electrons. The second-order valence-corrected chi connectivity index (χ2v) is 3.90. The zero-order valence-electron chi connectivity index (χ0n) is 8.17. The molecule has 82 valence electrons. The van der Waals surface area contributed by atoms with E-state index in [0.717, 1.165) is 0 Å². The number of hydrogen-bond donors (Lipinski definition) is 1. The summed E-state index contributed by atoms with van der Waals surface area (Å²) in [4.78, 5) is 11.0. The van der Waals surface area contributed by atoms with Crippen LogP contribution in [-0.2, 0) is 9.53 Å². The zero-order chi connectivity index (χ0) is 11.4. The van der Waals surface area contributed by atoms with Crippen molar-refractivity contribution in [1.29, 1.82) is 0 Å². The van der Waals surface area contributed by atoms with Crippen LogP contribution in [0.3, 0.4) is 0 Å². The third-order valence-corrected chi connectivity index (χ3v) is 2.55. The number of nitrogens with two attached hydrogens (primary N) is 1. The van der Waals surface area contributed by atoms with Gasteiger partial charge in [-0.15, -0.1) is 0 Å². The fourth-order valence-electron chi connectivity index (χ4n) is 1.17. The molecular weight excluding hydrogens is 237 g/mol. The van der Waals surface area contributed by atoms with Crippen LogP contribution in [-0.4, -0.2) is 13.1 Å². The van der Waals surface area contributed by atoms with Crippen molar-refractivity contribution in [3.63, 3.8) is 0 Å². The number of hydrogen-bond acceptors (Lipinski definition) is 3. The molecule has 1 aromatic carbocycles. The van der Waals surface area contributed by atoms with Crippen molar-refractivity contribution in [3.8, 4) is 0 Å². The Balaban J connectivity index is 2.85. The molecule has 2 N–H and O–H groups in total. The molecule has 0 fully saturated rings. The highest BCUT2D eigenvalue weighted by atomic mass is 35.5. The number of carbonyl (C=O) groups is 1. The molecule has 0 amide bonds. The van der Waals surface area contributed by atoms with E-state index in [1.807, 2.05) is 0 Å². The Bertz CT molecular complexity index is 368. The lowest BCUT2D eigenvalue weighted by Crippen LogP contribution is -2.16. The summed E-state index contributed by atoms with van der Waals surface area (Å²) in [7, 11) is 1.31. The van der Waals surface area contributed by atoms with Crippen LogP contribution in [0.15, 0.2) is 18.2 Å². The summed E-state index contributed by atoms with van der Waals surface area (Å²) in [5, 5.41) is 1.03. The van der Waals surface area contributed by atoms with E-state index in [9.17, 15) is 4.79 Å². The van der Waals surface area contributed by atoms with Crippen molar-refractivity contribution in [1.82, 2.24) is 0 Å². The van der Waals surface area contributed by atoms with E-state index in [4.69, 9.17) is 28.9 Å². The molecule has 0 aliphatic rings. The molecule has 0 aliphatic carbocycles. The Kier molecular flexibility index (Phi) is 4.39. The first-order valence-corrected chi connectivity index (χ1v) is 5.07. The maximum Gasteiger partial charge on any atom is 0.307 e. The first-order chi connectivity index (χ1) is 7.04. The molecule has 0 aliphatic heterocycles. The average molecular weight is 248 g/mol. The van der Waals surface area contributed by atoms with Crippen molar-refractivity contribution in [3.05, 3.63) is 33.8 Å². The van der Waals surface area contributed by atoms with Crippen LogP contribution in [0.25, 0.3) is 0 Å². The quantitative estimate of drug-likeness (QED) is 0.836. The van der Waals surface area contributed by atoms with Gasteiger partial charge in [-0.2, -0.15) is 0 Å². The zero-order valence-corrected chi connectivity index (χ0v) is 9.68. The molecule has 1 atom stereocenters. The first-order valence-electron chi connectivity index (χ1n) is 4.32. The summed E-state index contributed by atoms with van der Waals surface area (Å²) < 4.78 is 4.52. The first kappa shape index (κ1) is 12.3. The Morgan fingerprint density at radius 1 is 1.53 bits per heavy atom. The summed E-state index contributed by atoms with van der Waals surface area (Å²) in [5.74, 6) is -0.376. The van der Waals surface area contributed by atoms with Crippen LogP contribution in [0.4, 0.5) is 0 Å². The molecule has 0 bridgehead atoms. The summed E-state index contributed by atoms with van der Waals surface area (Å²) in [6.07, 6.45) is 0.0799. The summed E-state index contributed by atoms with van der Waals surface area (Å²) in [6, 6.07) is 4.47. The SMILES string of the molecule is COC(=O)C[C@@H](N)c1cc(Cl)ccc1Cl. The summed E-state index contributed by atoms with van der Waals surface area (Å²) >= 11 is 11.7. The molecule has 0 unspecified atom stereocenters. The summed E-state index contributed by atoms with van der Waals surface area (Å²) in [6.45, 7) is 0. The van der Waals surface area contributed by atoms with E-state index in [1.165, 1.54) is 7.11 Å². The van der Waals surface area contributed by atoms with Crippen LogP contribution >= 0.6 is 23.2 Å². The van der Waals surface area contributed by atoms with Crippen LogP contribution in [0.1, 0.15) is 18.0 Å². The van der Waals surface area contributed by atoms with Gasteiger partial charge in [-0.25, -0.2) is 0 Å². The number of methoxy groups -OCH3 is 1. The molecule has 0 heterocycles. The van der Waals surface area contributed by atoms with Gasteiger partial charge in [0, 0.05) is 16.1 Å². The molecule has 15 heavy (non-hydrogen) atoms. The number of benzene rings is 1. The van der Waals surface area contributed by atoms with Crippen LogP contribution < -0.4 is 5.73 Å². The highest BCUT2D eigenvalue weighted by Gasteiger charge is 2.15. The molecule has 1 rings (SSSR count). The van der Waals surface area contributed by atoms with Gasteiger partial charge in [0.15, 0.2) is 0 Å². The number of halogens is 2. The Hall–Kier alpha value is -0.770. The lowest BCUT2D eigenvalue weighted by Gasteiger charge is -2.12. The van der Waals surface area contributed by atoms with Gasteiger partial charge in [-0.05, 0) is 23.8 Å². The van der Waals surface area contributed by atoms with Gasteiger partial charge in [-0.3, -0.25) is 4.79 Å². The van der Waals surface area contributed by atoms with Crippen LogP contribution in [0, 0.1) is 0 Å². The van der Waals surface area contributed by atoms with Crippen molar-refractivity contribution in [2.24, 2.45) is 5.73 Å². The van der Waals surface area contributed by atoms with Crippen molar-refractivity contribution in [2.75, 3.05) is 7.11 Å². The number of rotatable bonds is 3. The Morgan fingerprint density at radius 2 is 2.20 bits per heavy atom. The van der Waals surface area contributed by atoms with E-state index < -0.39 is 6.04 Å². The minimum atomic E-state index is -0.497. The van der Waals surface area contributed by atoms with E-state index >= 15 is 0 Å². The lowest BCUT2D eigenvalue weighted by atomic mass is 10.0. The molecule has 5 heteroatoms. The predicted octanol–water partition coefficient (Wildman–Crippen LogP) is 2.56. The van der Waals surface area contributed by atoms with Gasteiger partial charge in [-0.1, -0.05) is 23.2 Å². The normalized spacial score (nSPS) is 12.3. The third-order valence-electron chi connectivity index (χ3n) is 1.97. The van der Waals surface area contributed by atoms with Gasteiger partial charge < -0.3 is 10.5 Å². The molecule has 1 aromatic rings. The lowest BCUT2D eigenvalue weighted by molar-refractivity contribution is -0.141. The van der Waals surface area contributed by atoms with E-state index in [1.54, 1.807) is 18.2 Å². The second-order valence-electron chi connectivity index (χ2n) is 3.05. The van der Waals surface area contributed by atoms with Crippen molar-refractivity contribution in [2.45, 2.75) is 12.5 Å². The average Bonchev–Trinajstić information content (AvgIpc) is 2.21. The Labute approximate surface area is 98.1 Å². The number of esters is 1. The number of ether oxygens (including phenoxy) is 1. The molecule has 0 saturated heterocycles. The standard InChI is InChI=1S/C10H11Cl2NO2/c1-15-10(14)5-9(13)7-4-6(11)2-3-8(7)12/h2-4,9H,5,13H2,1H3/t9-/m1/s1. The maximum absolute atomic E-state index is 11.0. The van der Waals surface area contributed by atoms with Gasteiger partial charge in [0.25, 0.3) is 0 Å². The molecule has 0 aromatic heterocycles. The van der Waals surface area contributed by atoms with Gasteiger partial charge in [0.2, 0.25) is 0 Å². The van der Waals surface area contributed by atoms with Crippen LogP contribution in [0.2, 0.25) is 10.0 Å². The monoisotopic (exact) mass is 247 g/mol. The fourth-order valence-corrected chi connectivity index (χ4v) is 1.61. The van der Waals surface area contributed by atoms with Gasteiger partial charge in [0.05, 0.1) is 13.5 Å². The molecule has 0 spiro atoms. The van der Waals surface area contributed by atoms with Crippen molar-refractivity contribution < 1.29 is 9.53 Å². The van der Waals surface area contributed by atoms with Gasteiger partial charge >= 0.3 is 5.97 Å². The molecular formula is C10H11Cl2NO2.